The normalized spacial score (nSPS) is 14.5. The van der Waals surface area contributed by atoms with Gasteiger partial charge in [-0.2, -0.15) is 0 Å². The first-order chi connectivity index (χ1) is 22.4. The standard InChI is InChI=1S/C37H60O10/c1-7-11-13-25(9-3)21-44-22-30(40)23-45-35-26(19-38)15-28(16-27(35)20-39)37(5,6)29-17-32(41)36(33(42)18-29)46-24-34(43)47-31(10-4)14-12-8-2/h15-18,25,30-31,34,38-43H,7-14,19-24H2,1-6H3. The minimum absolute atomic E-state index is 0.0741. The fourth-order valence-corrected chi connectivity index (χ4v) is 5.52. The first-order valence-electron chi connectivity index (χ1n) is 17.2. The maximum absolute atomic E-state index is 10.8. The quantitative estimate of drug-likeness (QED) is 0.0729. The lowest BCUT2D eigenvalue weighted by Crippen LogP contribution is -2.27. The van der Waals surface area contributed by atoms with E-state index in [0.717, 1.165) is 51.4 Å². The monoisotopic (exact) mass is 664 g/mol. The molecule has 0 aliphatic carbocycles. The van der Waals surface area contributed by atoms with Crippen LogP contribution < -0.4 is 9.47 Å². The number of phenolic OH excluding ortho intramolecular Hbond substituents is 2. The molecule has 0 spiro atoms. The zero-order chi connectivity index (χ0) is 35.0. The Kier molecular flexibility index (Phi) is 17.9. The number of benzene rings is 2. The number of aromatic hydroxyl groups is 2. The number of rotatable bonds is 24. The molecule has 2 aromatic rings. The van der Waals surface area contributed by atoms with Gasteiger partial charge in [0.05, 0.1) is 25.9 Å². The van der Waals surface area contributed by atoms with Gasteiger partial charge in [0.2, 0.25) is 5.75 Å². The highest BCUT2D eigenvalue weighted by molar-refractivity contribution is 5.56. The van der Waals surface area contributed by atoms with Crippen molar-refractivity contribution in [1.82, 2.24) is 0 Å². The number of hydrogen-bond donors (Lipinski definition) is 6. The van der Waals surface area contributed by atoms with Crippen LogP contribution in [0.3, 0.4) is 0 Å². The van der Waals surface area contributed by atoms with Crippen LogP contribution in [0.25, 0.3) is 0 Å². The zero-order valence-corrected chi connectivity index (χ0v) is 29.3. The SMILES string of the molecule is CCCCC(CC)COCC(O)COc1c(CO)cc(C(C)(C)c2cc(O)c(OCC(O)OC(CC)CCCC)c(O)c2)cc1CO. The molecule has 47 heavy (non-hydrogen) atoms. The third-order valence-corrected chi connectivity index (χ3v) is 8.76. The number of phenols is 2. The molecule has 0 saturated carbocycles. The molecule has 0 saturated heterocycles. The largest absolute Gasteiger partial charge is 0.504 e. The molecular weight excluding hydrogens is 604 g/mol. The summed E-state index contributed by atoms with van der Waals surface area (Å²) in [4.78, 5) is 0. The number of unbranched alkanes of at least 4 members (excludes halogenated alkanes) is 2. The van der Waals surface area contributed by atoms with Gasteiger partial charge in [0.1, 0.15) is 25.1 Å². The lowest BCUT2D eigenvalue weighted by atomic mass is 9.76. The summed E-state index contributed by atoms with van der Waals surface area (Å²) in [7, 11) is 0. The second-order valence-electron chi connectivity index (χ2n) is 12.9. The van der Waals surface area contributed by atoms with Gasteiger partial charge < -0.3 is 49.6 Å². The summed E-state index contributed by atoms with van der Waals surface area (Å²) in [6, 6.07) is 6.43. The van der Waals surface area contributed by atoms with Crippen molar-refractivity contribution in [3.8, 4) is 23.0 Å². The van der Waals surface area contributed by atoms with Crippen molar-refractivity contribution in [2.45, 2.75) is 130 Å². The van der Waals surface area contributed by atoms with Gasteiger partial charge in [0.15, 0.2) is 17.8 Å². The van der Waals surface area contributed by atoms with Gasteiger partial charge in [-0.3, -0.25) is 0 Å². The smallest absolute Gasteiger partial charge is 0.203 e. The van der Waals surface area contributed by atoms with E-state index in [4.69, 9.17) is 18.9 Å². The second-order valence-corrected chi connectivity index (χ2v) is 12.9. The van der Waals surface area contributed by atoms with E-state index in [1.807, 2.05) is 20.8 Å². The Morgan fingerprint density at radius 1 is 0.681 bits per heavy atom. The van der Waals surface area contributed by atoms with Crippen LogP contribution in [0, 0.1) is 5.92 Å². The molecule has 0 aromatic heterocycles. The number of aliphatic hydroxyl groups is 4. The van der Waals surface area contributed by atoms with Crippen molar-refractivity contribution < 1.29 is 49.6 Å². The molecule has 4 unspecified atom stereocenters. The fourth-order valence-electron chi connectivity index (χ4n) is 5.52. The maximum Gasteiger partial charge on any atom is 0.203 e. The predicted octanol–water partition coefficient (Wildman–Crippen LogP) is 6.06. The molecule has 0 radical (unpaired) electrons. The zero-order valence-electron chi connectivity index (χ0n) is 29.3. The van der Waals surface area contributed by atoms with Crippen LogP contribution in [-0.2, 0) is 28.1 Å². The summed E-state index contributed by atoms with van der Waals surface area (Å²) in [6.07, 6.45) is 5.75. The fraction of sp³-hybridized carbons (Fsp3) is 0.676. The Morgan fingerprint density at radius 2 is 1.23 bits per heavy atom. The molecule has 0 aliphatic rings. The van der Waals surface area contributed by atoms with Gasteiger partial charge in [0, 0.05) is 23.1 Å². The van der Waals surface area contributed by atoms with E-state index in [0.29, 0.717) is 40.5 Å². The molecule has 4 atom stereocenters. The summed E-state index contributed by atoms with van der Waals surface area (Å²) in [5.41, 5.74) is 1.26. The van der Waals surface area contributed by atoms with E-state index >= 15 is 0 Å². The van der Waals surface area contributed by atoms with Crippen LogP contribution in [0.1, 0.15) is 115 Å². The summed E-state index contributed by atoms with van der Waals surface area (Å²) >= 11 is 0. The number of ether oxygens (including phenoxy) is 4. The van der Waals surface area contributed by atoms with Gasteiger partial charge in [-0.15, -0.1) is 0 Å². The summed E-state index contributed by atoms with van der Waals surface area (Å²) in [5, 5.41) is 62.9. The van der Waals surface area contributed by atoms with Crippen molar-refractivity contribution in [3.05, 3.63) is 46.5 Å². The molecule has 0 fully saturated rings. The van der Waals surface area contributed by atoms with Crippen molar-refractivity contribution in [2.24, 2.45) is 5.92 Å². The van der Waals surface area contributed by atoms with E-state index in [2.05, 4.69) is 20.8 Å². The summed E-state index contributed by atoms with van der Waals surface area (Å²) in [6.45, 7) is 11.7. The van der Waals surface area contributed by atoms with Gasteiger partial charge in [-0.25, -0.2) is 0 Å². The molecule has 2 aromatic carbocycles. The Labute approximate surface area is 281 Å². The lowest BCUT2D eigenvalue weighted by Gasteiger charge is -2.29. The molecule has 0 amide bonds. The molecule has 10 nitrogen and oxygen atoms in total. The summed E-state index contributed by atoms with van der Waals surface area (Å²) < 4.78 is 22.9. The van der Waals surface area contributed by atoms with Crippen LogP contribution in [0.5, 0.6) is 23.0 Å². The molecule has 0 heterocycles. The van der Waals surface area contributed by atoms with Crippen molar-refractivity contribution >= 4 is 0 Å². The topological polar surface area (TPSA) is 158 Å². The molecule has 6 N–H and O–H groups in total. The van der Waals surface area contributed by atoms with Crippen LogP contribution in [0.15, 0.2) is 24.3 Å². The third kappa shape index (κ3) is 12.4. The highest BCUT2D eigenvalue weighted by atomic mass is 16.6. The van der Waals surface area contributed by atoms with Gasteiger partial charge in [-0.05, 0) is 60.6 Å². The van der Waals surface area contributed by atoms with E-state index in [1.54, 1.807) is 12.1 Å². The molecule has 0 aliphatic heterocycles. The number of hydrogen-bond acceptors (Lipinski definition) is 10. The minimum Gasteiger partial charge on any atom is -0.504 e. The Morgan fingerprint density at radius 3 is 1.77 bits per heavy atom. The third-order valence-electron chi connectivity index (χ3n) is 8.76. The average Bonchev–Trinajstić information content (AvgIpc) is 3.06. The van der Waals surface area contributed by atoms with E-state index in [-0.39, 0.29) is 56.4 Å². The maximum atomic E-state index is 10.8. The predicted molar refractivity (Wildman–Crippen MR) is 182 cm³/mol. The van der Waals surface area contributed by atoms with Gasteiger partial charge in [-0.1, -0.05) is 73.6 Å². The van der Waals surface area contributed by atoms with Crippen molar-refractivity contribution in [3.63, 3.8) is 0 Å². The van der Waals surface area contributed by atoms with Crippen molar-refractivity contribution in [1.29, 1.82) is 0 Å². The first kappa shape index (κ1) is 40.6. The van der Waals surface area contributed by atoms with Crippen LogP contribution in [0.4, 0.5) is 0 Å². The molecule has 10 heteroatoms. The Balaban J connectivity index is 2.16. The average molecular weight is 665 g/mol. The molecule has 0 bridgehead atoms. The van der Waals surface area contributed by atoms with Crippen LogP contribution in [-0.4, -0.2) is 75.6 Å². The molecule has 2 rings (SSSR count). The van der Waals surface area contributed by atoms with Gasteiger partial charge in [0.25, 0.3) is 0 Å². The van der Waals surface area contributed by atoms with Gasteiger partial charge >= 0.3 is 0 Å². The van der Waals surface area contributed by atoms with Crippen LogP contribution in [0.2, 0.25) is 0 Å². The van der Waals surface area contributed by atoms with Crippen molar-refractivity contribution in [2.75, 3.05) is 26.4 Å². The van der Waals surface area contributed by atoms with E-state index < -0.39 is 17.8 Å². The Bertz CT molecular complexity index is 1140. The van der Waals surface area contributed by atoms with Crippen LogP contribution >= 0.6 is 0 Å². The minimum atomic E-state index is -1.22. The first-order valence-corrected chi connectivity index (χ1v) is 17.2. The Hall–Kier alpha value is -2.60. The molecular formula is C37H60O10. The van der Waals surface area contributed by atoms with E-state index in [1.165, 1.54) is 12.1 Å². The summed E-state index contributed by atoms with van der Waals surface area (Å²) in [5.74, 6) is -0.0453. The highest BCUT2D eigenvalue weighted by Crippen LogP contribution is 2.43. The van der Waals surface area contributed by atoms with E-state index in [9.17, 15) is 30.6 Å². The second kappa shape index (κ2) is 20.7. The highest BCUT2D eigenvalue weighted by Gasteiger charge is 2.29. The lowest BCUT2D eigenvalue weighted by molar-refractivity contribution is -0.154. The molecule has 268 valence electrons. The number of aliphatic hydroxyl groups excluding tert-OH is 4.